The third-order valence-corrected chi connectivity index (χ3v) is 5.56. The van der Waals surface area contributed by atoms with E-state index >= 15 is 0 Å². The third kappa shape index (κ3) is 3.32. The predicted molar refractivity (Wildman–Crippen MR) is 98.2 cm³/mol. The van der Waals surface area contributed by atoms with Gasteiger partial charge in [-0.25, -0.2) is 9.97 Å². The molecule has 0 aliphatic heterocycles. The predicted octanol–water partition coefficient (Wildman–Crippen LogP) is 3.05. The Morgan fingerprint density at radius 2 is 2.12 bits per heavy atom. The lowest BCUT2D eigenvalue weighted by Gasteiger charge is -2.37. The number of hydrogen-bond acceptors (Lipinski definition) is 4. The summed E-state index contributed by atoms with van der Waals surface area (Å²) < 4.78 is 0. The van der Waals surface area contributed by atoms with Crippen molar-refractivity contribution in [3.63, 3.8) is 0 Å². The number of aryl methyl sites for hydroxylation is 1. The second kappa shape index (κ2) is 6.53. The Balaban J connectivity index is 1.52. The van der Waals surface area contributed by atoms with Crippen molar-refractivity contribution >= 4 is 5.91 Å². The number of pyridine rings is 1. The summed E-state index contributed by atoms with van der Waals surface area (Å²) in [5, 5.41) is 3.27. The van der Waals surface area contributed by atoms with Gasteiger partial charge in [0.1, 0.15) is 11.4 Å². The normalized spacial score (nSPS) is 26.7. The van der Waals surface area contributed by atoms with Crippen LogP contribution in [-0.4, -0.2) is 26.4 Å². The second-order valence-electron chi connectivity index (χ2n) is 7.56. The second-order valence-corrected chi connectivity index (χ2v) is 7.56. The van der Waals surface area contributed by atoms with Crippen LogP contribution in [0.25, 0.3) is 0 Å². The number of fused-ring (bicyclic) bond motifs is 2. The molecule has 0 spiro atoms. The average molecular weight is 346 g/mol. The van der Waals surface area contributed by atoms with E-state index in [9.17, 15) is 4.79 Å². The molecule has 0 unspecified atom stereocenters. The zero-order valence-electron chi connectivity index (χ0n) is 15.0. The molecule has 2 fully saturated rings. The molecule has 2 atom stereocenters. The summed E-state index contributed by atoms with van der Waals surface area (Å²) >= 11 is 0. The molecule has 5 nitrogen and oxygen atoms in total. The van der Waals surface area contributed by atoms with Crippen LogP contribution in [0.3, 0.4) is 0 Å². The van der Waals surface area contributed by atoms with Crippen molar-refractivity contribution in [2.24, 2.45) is 5.41 Å². The van der Waals surface area contributed by atoms with E-state index in [-0.39, 0.29) is 16.9 Å². The SMILES string of the molecule is Cc1cncc(C(=O)N[C@]23CCC[C@](C#Cc4ccccn4)(CC2)C3)n1. The van der Waals surface area contributed by atoms with Gasteiger partial charge in [-0.3, -0.25) is 9.78 Å². The Hall–Kier alpha value is -2.74. The van der Waals surface area contributed by atoms with Crippen molar-refractivity contribution < 1.29 is 4.79 Å². The number of hydrogen-bond donors (Lipinski definition) is 1. The first kappa shape index (κ1) is 16.7. The van der Waals surface area contributed by atoms with Gasteiger partial charge in [0.25, 0.3) is 5.91 Å². The van der Waals surface area contributed by atoms with Crippen molar-refractivity contribution in [2.75, 3.05) is 0 Å². The van der Waals surface area contributed by atoms with Gasteiger partial charge in [0.15, 0.2) is 0 Å². The van der Waals surface area contributed by atoms with Gasteiger partial charge in [0.05, 0.1) is 11.9 Å². The Morgan fingerprint density at radius 1 is 1.19 bits per heavy atom. The summed E-state index contributed by atoms with van der Waals surface area (Å²) in [6, 6.07) is 5.79. The van der Waals surface area contributed by atoms with E-state index < -0.39 is 0 Å². The van der Waals surface area contributed by atoms with Gasteiger partial charge in [-0.15, -0.1) is 0 Å². The third-order valence-electron chi connectivity index (χ3n) is 5.56. The quantitative estimate of drug-likeness (QED) is 0.849. The molecule has 2 aromatic rings. The lowest BCUT2D eigenvalue weighted by atomic mass is 9.73. The largest absolute Gasteiger partial charge is 0.345 e. The molecule has 2 aromatic heterocycles. The van der Waals surface area contributed by atoms with E-state index in [0.717, 1.165) is 49.9 Å². The number of rotatable bonds is 2. The standard InChI is InChI=1S/C21H22N4O/c1-16-13-22-14-18(24-16)19(26)25-21-8-4-7-20(15-21,10-11-21)9-6-17-5-2-3-12-23-17/h2-3,5,12-14H,4,7-8,10-11,15H2,1H3,(H,25,26)/t20-,21+/m0/s1. The summed E-state index contributed by atoms with van der Waals surface area (Å²) in [5.74, 6) is 6.62. The monoisotopic (exact) mass is 346 g/mol. The van der Waals surface area contributed by atoms with Crippen LogP contribution in [0.15, 0.2) is 36.8 Å². The number of nitrogens with zero attached hydrogens (tertiary/aromatic N) is 3. The zero-order chi connectivity index (χ0) is 18.0. The molecular weight excluding hydrogens is 324 g/mol. The van der Waals surface area contributed by atoms with Gasteiger partial charge in [-0.2, -0.15) is 0 Å². The molecule has 2 aliphatic carbocycles. The summed E-state index contributed by atoms with van der Waals surface area (Å²) in [4.78, 5) is 25.4. The van der Waals surface area contributed by atoms with Crippen molar-refractivity contribution in [3.8, 4) is 11.8 Å². The van der Waals surface area contributed by atoms with Crippen LogP contribution in [0.2, 0.25) is 0 Å². The zero-order valence-corrected chi connectivity index (χ0v) is 15.0. The van der Waals surface area contributed by atoms with E-state index in [4.69, 9.17) is 0 Å². The molecule has 0 aromatic carbocycles. The van der Waals surface area contributed by atoms with E-state index in [1.807, 2.05) is 25.1 Å². The molecule has 2 saturated carbocycles. The average Bonchev–Trinajstić information content (AvgIpc) is 2.91. The Kier molecular flexibility index (Phi) is 4.20. The number of nitrogens with one attached hydrogen (secondary N) is 1. The molecule has 1 amide bonds. The van der Waals surface area contributed by atoms with Crippen LogP contribution in [0.5, 0.6) is 0 Å². The molecule has 0 saturated heterocycles. The molecular formula is C21H22N4O. The van der Waals surface area contributed by atoms with E-state index in [2.05, 4.69) is 32.1 Å². The number of carbonyl (C=O) groups is 1. The molecule has 5 heteroatoms. The maximum atomic E-state index is 12.7. The highest BCUT2D eigenvalue weighted by atomic mass is 16.2. The van der Waals surface area contributed by atoms with Crippen LogP contribution in [0.4, 0.5) is 0 Å². The van der Waals surface area contributed by atoms with Gasteiger partial charge in [-0.1, -0.05) is 12.0 Å². The molecule has 0 radical (unpaired) electrons. The van der Waals surface area contributed by atoms with E-state index in [0.29, 0.717) is 5.69 Å². The Morgan fingerprint density at radius 3 is 2.92 bits per heavy atom. The lowest BCUT2D eigenvalue weighted by molar-refractivity contribution is 0.0866. The highest BCUT2D eigenvalue weighted by molar-refractivity contribution is 5.92. The number of carbonyl (C=O) groups excluding carboxylic acids is 1. The topological polar surface area (TPSA) is 67.8 Å². The first-order valence-corrected chi connectivity index (χ1v) is 9.14. The van der Waals surface area contributed by atoms with Gasteiger partial charge in [-0.05, 0) is 63.5 Å². The molecule has 4 rings (SSSR count). The minimum atomic E-state index is -0.167. The van der Waals surface area contributed by atoms with Crippen molar-refractivity contribution in [1.29, 1.82) is 0 Å². The highest BCUT2D eigenvalue weighted by Crippen LogP contribution is 2.53. The van der Waals surface area contributed by atoms with Crippen molar-refractivity contribution in [3.05, 3.63) is 53.9 Å². The maximum absolute atomic E-state index is 12.7. The van der Waals surface area contributed by atoms with Gasteiger partial charge < -0.3 is 5.32 Å². The first-order chi connectivity index (χ1) is 12.6. The van der Waals surface area contributed by atoms with E-state index in [1.165, 1.54) is 6.20 Å². The molecule has 132 valence electrons. The minimum Gasteiger partial charge on any atom is -0.345 e. The number of aromatic nitrogens is 3. The highest BCUT2D eigenvalue weighted by Gasteiger charge is 2.51. The molecule has 1 N–H and O–H groups in total. The van der Waals surface area contributed by atoms with Crippen molar-refractivity contribution in [1.82, 2.24) is 20.3 Å². The van der Waals surface area contributed by atoms with Crippen molar-refractivity contribution in [2.45, 2.75) is 51.0 Å². The molecule has 2 heterocycles. The van der Waals surface area contributed by atoms with E-state index in [1.54, 1.807) is 12.4 Å². The fourth-order valence-electron chi connectivity index (χ4n) is 4.34. The fourth-order valence-corrected chi connectivity index (χ4v) is 4.34. The summed E-state index contributed by atoms with van der Waals surface area (Å²) in [5.41, 5.74) is 1.77. The van der Waals surface area contributed by atoms with Crippen LogP contribution < -0.4 is 5.32 Å². The van der Waals surface area contributed by atoms with Gasteiger partial charge in [0, 0.05) is 23.3 Å². The fraction of sp³-hybridized carbons (Fsp3) is 0.429. The Labute approximate surface area is 153 Å². The minimum absolute atomic E-state index is 0.0126. The number of amides is 1. The molecule has 26 heavy (non-hydrogen) atoms. The summed E-state index contributed by atoms with van der Waals surface area (Å²) in [6.45, 7) is 1.84. The lowest BCUT2D eigenvalue weighted by Crippen LogP contribution is -2.49. The van der Waals surface area contributed by atoms with Gasteiger partial charge >= 0.3 is 0 Å². The summed E-state index contributed by atoms with van der Waals surface area (Å²) in [6.07, 6.45) is 11.0. The van der Waals surface area contributed by atoms with Crippen LogP contribution in [0, 0.1) is 24.2 Å². The molecule has 2 bridgehead atoms. The molecule has 2 aliphatic rings. The summed E-state index contributed by atoms with van der Waals surface area (Å²) in [7, 11) is 0. The smallest absolute Gasteiger partial charge is 0.271 e. The van der Waals surface area contributed by atoms with Crippen LogP contribution >= 0.6 is 0 Å². The van der Waals surface area contributed by atoms with Crippen LogP contribution in [0.1, 0.15) is 60.4 Å². The first-order valence-electron chi connectivity index (χ1n) is 9.14. The van der Waals surface area contributed by atoms with Crippen LogP contribution in [-0.2, 0) is 0 Å². The van der Waals surface area contributed by atoms with Gasteiger partial charge in [0.2, 0.25) is 0 Å². The Bertz CT molecular complexity index is 886. The maximum Gasteiger partial charge on any atom is 0.271 e.